The van der Waals surface area contributed by atoms with Gasteiger partial charge in [-0.25, -0.2) is 4.79 Å². The molecule has 1 amide bonds. The SMILES string of the molecule is CC(C)NC(=O)OC[C@H]1CCCN1C. The number of likely N-dealkylation sites (tertiary alicyclic amines) is 1. The van der Waals surface area contributed by atoms with Gasteiger partial charge in [0.2, 0.25) is 0 Å². The molecule has 1 aliphatic heterocycles. The standard InChI is InChI=1S/C10H20N2O2/c1-8(2)11-10(13)14-7-9-5-4-6-12(9)3/h8-9H,4-7H2,1-3H3,(H,11,13)/t9-/m1/s1. The summed E-state index contributed by atoms with van der Waals surface area (Å²) in [5.74, 6) is 0. The monoisotopic (exact) mass is 200 g/mol. The normalized spacial score (nSPS) is 22.7. The molecular formula is C10H20N2O2. The third-order valence-corrected chi connectivity index (χ3v) is 2.48. The number of rotatable bonds is 3. The van der Waals surface area contributed by atoms with Crippen LogP contribution in [0.3, 0.4) is 0 Å². The quantitative estimate of drug-likeness (QED) is 0.744. The summed E-state index contributed by atoms with van der Waals surface area (Å²) in [6.07, 6.45) is 2.03. The summed E-state index contributed by atoms with van der Waals surface area (Å²) in [6.45, 7) is 5.46. The summed E-state index contributed by atoms with van der Waals surface area (Å²) in [5, 5.41) is 2.70. The second kappa shape index (κ2) is 5.20. The number of hydrogen-bond acceptors (Lipinski definition) is 3. The van der Waals surface area contributed by atoms with Crippen molar-refractivity contribution in [1.29, 1.82) is 0 Å². The molecule has 0 bridgehead atoms. The number of carbonyl (C=O) groups is 1. The van der Waals surface area contributed by atoms with Gasteiger partial charge in [0.1, 0.15) is 6.61 Å². The second-order valence-electron chi connectivity index (χ2n) is 4.17. The molecule has 82 valence electrons. The molecule has 0 aromatic heterocycles. The van der Waals surface area contributed by atoms with E-state index in [0.717, 1.165) is 13.0 Å². The molecular weight excluding hydrogens is 180 g/mol. The molecule has 1 atom stereocenters. The highest BCUT2D eigenvalue weighted by molar-refractivity contribution is 5.67. The van der Waals surface area contributed by atoms with Crippen molar-refractivity contribution in [2.45, 2.75) is 38.8 Å². The first-order chi connectivity index (χ1) is 6.59. The van der Waals surface area contributed by atoms with Crippen molar-refractivity contribution in [3.63, 3.8) is 0 Å². The third kappa shape index (κ3) is 3.54. The summed E-state index contributed by atoms with van der Waals surface area (Å²) >= 11 is 0. The van der Waals surface area contributed by atoms with Crippen LogP contribution in [-0.2, 0) is 4.74 Å². The minimum absolute atomic E-state index is 0.142. The van der Waals surface area contributed by atoms with E-state index >= 15 is 0 Å². The van der Waals surface area contributed by atoms with Crippen molar-refractivity contribution in [2.75, 3.05) is 20.2 Å². The third-order valence-electron chi connectivity index (χ3n) is 2.48. The molecule has 1 saturated heterocycles. The lowest BCUT2D eigenvalue weighted by Gasteiger charge is -2.19. The first kappa shape index (κ1) is 11.3. The highest BCUT2D eigenvalue weighted by Crippen LogP contribution is 2.14. The van der Waals surface area contributed by atoms with Crippen molar-refractivity contribution in [2.24, 2.45) is 0 Å². The fourth-order valence-corrected chi connectivity index (χ4v) is 1.64. The lowest BCUT2D eigenvalue weighted by atomic mass is 10.2. The Labute approximate surface area is 85.6 Å². The molecule has 0 aromatic rings. The average Bonchev–Trinajstić information content (AvgIpc) is 2.46. The van der Waals surface area contributed by atoms with E-state index in [0.29, 0.717) is 12.6 Å². The van der Waals surface area contributed by atoms with Gasteiger partial charge in [-0.15, -0.1) is 0 Å². The van der Waals surface area contributed by atoms with Crippen molar-refractivity contribution in [1.82, 2.24) is 10.2 Å². The van der Waals surface area contributed by atoms with Crippen LogP contribution in [0.4, 0.5) is 4.79 Å². The van der Waals surface area contributed by atoms with E-state index in [-0.39, 0.29) is 12.1 Å². The molecule has 1 aliphatic rings. The van der Waals surface area contributed by atoms with Gasteiger partial charge >= 0.3 is 6.09 Å². The van der Waals surface area contributed by atoms with Gasteiger partial charge in [-0.2, -0.15) is 0 Å². The first-order valence-corrected chi connectivity index (χ1v) is 5.23. The molecule has 1 fully saturated rings. The fraction of sp³-hybridized carbons (Fsp3) is 0.900. The average molecular weight is 200 g/mol. The summed E-state index contributed by atoms with van der Waals surface area (Å²) in [7, 11) is 2.07. The highest BCUT2D eigenvalue weighted by atomic mass is 16.5. The van der Waals surface area contributed by atoms with Gasteiger partial charge in [0.25, 0.3) is 0 Å². The van der Waals surface area contributed by atoms with Crippen molar-refractivity contribution >= 4 is 6.09 Å². The molecule has 4 heteroatoms. The van der Waals surface area contributed by atoms with E-state index in [2.05, 4.69) is 17.3 Å². The number of carbonyl (C=O) groups excluding carboxylic acids is 1. The topological polar surface area (TPSA) is 41.6 Å². The zero-order valence-electron chi connectivity index (χ0n) is 9.25. The van der Waals surface area contributed by atoms with E-state index in [1.165, 1.54) is 6.42 Å². The van der Waals surface area contributed by atoms with Gasteiger partial charge in [-0.3, -0.25) is 0 Å². The lowest BCUT2D eigenvalue weighted by molar-refractivity contribution is 0.113. The summed E-state index contributed by atoms with van der Waals surface area (Å²) in [5.41, 5.74) is 0. The Balaban J connectivity index is 2.16. The van der Waals surface area contributed by atoms with Gasteiger partial charge in [-0.05, 0) is 40.3 Å². The van der Waals surface area contributed by atoms with Crippen LogP contribution in [0.2, 0.25) is 0 Å². The Bertz CT molecular complexity index is 195. The molecule has 0 unspecified atom stereocenters. The predicted octanol–water partition coefficient (Wildman–Crippen LogP) is 1.22. The Morgan fingerprint density at radius 1 is 1.64 bits per heavy atom. The lowest BCUT2D eigenvalue weighted by Crippen LogP contribution is -2.35. The van der Waals surface area contributed by atoms with E-state index in [1.807, 2.05) is 13.8 Å². The van der Waals surface area contributed by atoms with Crippen LogP contribution in [0.25, 0.3) is 0 Å². The zero-order chi connectivity index (χ0) is 10.6. The van der Waals surface area contributed by atoms with Gasteiger partial charge in [0, 0.05) is 12.1 Å². The molecule has 0 aliphatic carbocycles. The number of likely N-dealkylation sites (N-methyl/N-ethyl adjacent to an activating group) is 1. The van der Waals surface area contributed by atoms with Crippen LogP contribution in [0.15, 0.2) is 0 Å². The molecule has 1 heterocycles. The van der Waals surface area contributed by atoms with Crippen molar-refractivity contribution in [3.05, 3.63) is 0 Å². The molecule has 0 aromatic carbocycles. The Hall–Kier alpha value is -0.770. The number of nitrogens with one attached hydrogen (secondary N) is 1. The predicted molar refractivity (Wildman–Crippen MR) is 55.3 cm³/mol. The van der Waals surface area contributed by atoms with E-state index in [4.69, 9.17) is 4.74 Å². The molecule has 14 heavy (non-hydrogen) atoms. The molecule has 1 rings (SSSR count). The van der Waals surface area contributed by atoms with Crippen LogP contribution >= 0.6 is 0 Å². The maximum atomic E-state index is 11.2. The summed E-state index contributed by atoms with van der Waals surface area (Å²) < 4.78 is 5.12. The number of nitrogens with zero attached hydrogens (tertiary/aromatic N) is 1. The van der Waals surface area contributed by atoms with Crippen LogP contribution in [-0.4, -0.2) is 43.3 Å². The fourth-order valence-electron chi connectivity index (χ4n) is 1.64. The smallest absolute Gasteiger partial charge is 0.407 e. The van der Waals surface area contributed by atoms with Crippen molar-refractivity contribution in [3.8, 4) is 0 Å². The maximum absolute atomic E-state index is 11.2. The minimum atomic E-state index is -0.305. The Morgan fingerprint density at radius 3 is 2.86 bits per heavy atom. The van der Waals surface area contributed by atoms with Crippen molar-refractivity contribution < 1.29 is 9.53 Å². The zero-order valence-corrected chi connectivity index (χ0v) is 9.25. The first-order valence-electron chi connectivity index (χ1n) is 5.23. The number of alkyl carbamates (subject to hydrolysis) is 1. The Morgan fingerprint density at radius 2 is 2.36 bits per heavy atom. The van der Waals surface area contributed by atoms with Gasteiger partial charge < -0.3 is 15.0 Å². The maximum Gasteiger partial charge on any atom is 0.407 e. The van der Waals surface area contributed by atoms with Gasteiger partial charge in [0.05, 0.1) is 0 Å². The van der Waals surface area contributed by atoms with E-state index < -0.39 is 0 Å². The van der Waals surface area contributed by atoms with Crippen LogP contribution in [0.5, 0.6) is 0 Å². The number of hydrogen-bond donors (Lipinski definition) is 1. The molecule has 0 spiro atoms. The minimum Gasteiger partial charge on any atom is -0.448 e. The highest BCUT2D eigenvalue weighted by Gasteiger charge is 2.22. The van der Waals surface area contributed by atoms with Gasteiger partial charge in [-0.1, -0.05) is 0 Å². The molecule has 4 nitrogen and oxygen atoms in total. The summed E-state index contributed by atoms with van der Waals surface area (Å²) in [4.78, 5) is 13.4. The second-order valence-corrected chi connectivity index (χ2v) is 4.17. The van der Waals surface area contributed by atoms with E-state index in [9.17, 15) is 4.79 Å². The number of ether oxygens (including phenoxy) is 1. The Kier molecular flexibility index (Phi) is 4.20. The van der Waals surface area contributed by atoms with Gasteiger partial charge in [0.15, 0.2) is 0 Å². The van der Waals surface area contributed by atoms with Crippen LogP contribution < -0.4 is 5.32 Å². The van der Waals surface area contributed by atoms with Crippen LogP contribution in [0.1, 0.15) is 26.7 Å². The molecule has 1 N–H and O–H groups in total. The largest absolute Gasteiger partial charge is 0.448 e. The van der Waals surface area contributed by atoms with E-state index in [1.54, 1.807) is 0 Å². The number of amides is 1. The van der Waals surface area contributed by atoms with Crippen LogP contribution in [0, 0.1) is 0 Å². The molecule has 0 saturated carbocycles. The summed E-state index contributed by atoms with van der Waals surface area (Å²) in [6, 6.07) is 0.553. The molecule has 0 radical (unpaired) electrons.